The van der Waals surface area contributed by atoms with Gasteiger partial charge in [-0.15, -0.1) is 0 Å². The number of para-hydroxylation sites is 1. The standard InChI is InChI=1S/C26H28N2O5S/c1-19-15-21-11-7-8-12-23(21)28(19)26(29)18-27(17-20-9-5-4-6-10-20)34(30,31)22-13-14-24(32-2)25(16-22)33-3/h4-14,16,19H,15,17-18H2,1-3H3. The predicted molar refractivity (Wildman–Crippen MR) is 131 cm³/mol. The summed E-state index contributed by atoms with van der Waals surface area (Å²) in [5, 5.41) is 0. The Labute approximate surface area is 200 Å². The van der Waals surface area contributed by atoms with Crippen LogP contribution in [0.1, 0.15) is 18.1 Å². The van der Waals surface area contributed by atoms with Crippen molar-refractivity contribution in [1.82, 2.24) is 4.31 Å². The van der Waals surface area contributed by atoms with E-state index >= 15 is 0 Å². The monoisotopic (exact) mass is 480 g/mol. The Hall–Kier alpha value is -3.36. The summed E-state index contributed by atoms with van der Waals surface area (Å²) in [5.74, 6) is 0.462. The first-order valence-corrected chi connectivity index (χ1v) is 12.4. The summed E-state index contributed by atoms with van der Waals surface area (Å²) in [4.78, 5) is 15.2. The molecule has 1 aliphatic rings. The molecule has 34 heavy (non-hydrogen) atoms. The Morgan fingerprint density at radius 1 is 0.971 bits per heavy atom. The Balaban J connectivity index is 1.69. The highest BCUT2D eigenvalue weighted by Gasteiger charge is 2.34. The van der Waals surface area contributed by atoms with E-state index in [1.807, 2.05) is 61.5 Å². The van der Waals surface area contributed by atoms with Crippen LogP contribution in [0.15, 0.2) is 77.7 Å². The smallest absolute Gasteiger partial charge is 0.243 e. The first-order valence-electron chi connectivity index (χ1n) is 11.0. The number of methoxy groups -OCH3 is 2. The molecule has 4 rings (SSSR count). The van der Waals surface area contributed by atoms with Gasteiger partial charge in [0.15, 0.2) is 11.5 Å². The lowest BCUT2D eigenvalue weighted by molar-refractivity contribution is -0.119. The fourth-order valence-electron chi connectivity index (χ4n) is 4.31. The van der Waals surface area contributed by atoms with Crippen molar-refractivity contribution in [3.8, 4) is 11.5 Å². The van der Waals surface area contributed by atoms with E-state index in [1.54, 1.807) is 11.0 Å². The van der Waals surface area contributed by atoms with Crippen molar-refractivity contribution < 1.29 is 22.7 Å². The van der Waals surface area contributed by atoms with E-state index in [0.29, 0.717) is 11.5 Å². The minimum absolute atomic E-state index is 0.0313. The molecule has 3 aromatic carbocycles. The summed E-state index contributed by atoms with van der Waals surface area (Å²) in [7, 11) is -1.09. The second-order valence-corrected chi connectivity index (χ2v) is 10.2. The van der Waals surface area contributed by atoms with Gasteiger partial charge in [-0.1, -0.05) is 48.5 Å². The topological polar surface area (TPSA) is 76.2 Å². The molecule has 7 nitrogen and oxygen atoms in total. The minimum atomic E-state index is -4.03. The molecule has 0 fully saturated rings. The number of ether oxygens (including phenoxy) is 2. The van der Waals surface area contributed by atoms with Crippen LogP contribution in [0, 0.1) is 0 Å². The molecule has 0 radical (unpaired) electrons. The van der Waals surface area contributed by atoms with Crippen molar-refractivity contribution in [2.45, 2.75) is 30.8 Å². The van der Waals surface area contributed by atoms with Crippen molar-refractivity contribution in [2.75, 3.05) is 25.7 Å². The van der Waals surface area contributed by atoms with Gasteiger partial charge in [0.05, 0.1) is 25.7 Å². The Morgan fingerprint density at radius 2 is 1.65 bits per heavy atom. The van der Waals surface area contributed by atoms with Crippen molar-refractivity contribution in [1.29, 1.82) is 0 Å². The third kappa shape index (κ3) is 4.64. The van der Waals surface area contributed by atoms with Gasteiger partial charge in [-0.25, -0.2) is 8.42 Å². The molecular weight excluding hydrogens is 452 g/mol. The lowest BCUT2D eigenvalue weighted by atomic mass is 10.1. The van der Waals surface area contributed by atoms with Gasteiger partial charge in [-0.3, -0.25) is 4.79 Å². The maximum absolute atomic E-state index is 13.7. The minimum Gasteiger partial charge on any atom is -0.493 e. The van der Waals surface area contributed by atoms with Crippen molar-refractivity contribution in [3.05, 3.63) is 83.9 Å². The van der Waals surface area contributed by atoms with Gasteiger partial charge in [0.1, 0.15) is 0 Å². The number of benzene rings is 3. The average Bonchev–Trinajstić information content (AvgIpc) is 3.19. The maximum Gasteiger partial charge on any atom is 0.243 e. The number of carbonyl (C=O) groups is 1. The molecule has 0 saturated heterocycles. The number of rotatable bonds is 8. The summed E-state index contributed by atoms with van der Waals surface area (Å²) in [6.07, 6.45) is 0.739. The fourth-order valence-corrected chi connectivity index (χ4v) is 5.71. The molecule has 1 atom stereocenters. The molecule has 0 bridgehead atoms. The fraction of sp³-hybridized carbons (Fsp3) is 0.269. The van der Waals surface area contributed by atoms with E-state index < -0.39 is 10.0 Å². The highest BCUT2D eigenvalue weighted by atomic mass is 32.2. The van der Waals surface area contributed by atoms with Gasteiger partial charge in [0, 0.05) is 24.3 Å². The van der Waals surface area contributed by atoms with Crippen LogP contribution in [0.25, 0.3) is 0 Å². The summed E-state index contributed by atoms with van der Waals surface area (Å²) in [6, 6.07) is 21.4. The summed E-state index contributed by atoms with van der Waals surface area (Å²) in [5.41, 5.74) is 2.71. The molecular formula is C26H28N2O5S. The Kier molecular flexibility index (Phi) is 6.90. The first-order chi connectivity index (χ1) is 16.3. The van der Waals surface area contributed by atoms with Crippen LogP contribution in [-0.2, 0) is 27.8 Å². The normalized spacial score (nSPS) is 15.3. The van der Waals surface area contributed by atoms with Gasteiger partial charge in [-0.2, -0.15) is 4.31 Å². The van der Waals surface area contributed by atoms with Crippen LogP contribution in [-0.4, -0.2) is 45.4 Å². The zero-order chi connectivity index (χ0) is 24.3. The van der Waals surface area contributed by atoms with Gasteiger partial charge < -0.3 is 14.4 Å². The van der Waals surface area contributed by atoms with Gasteiger partial charge in [0.25, 0.3) is 0 Å². The molecule has 1 amide bonds. The summed E-state index contributed by atoms with van der Waals surface area (Å²) in [6.45, 7) is 1.75. The zero-order valence-electron chi connectivity index (χ0n) is 19.5. The van der Waals surface area contributed by atoms with Crippen LogP contribution in [0.3, 0.4) is 0 Å². The third-order valence-corrected chi connectivity index (χ3v) is 7.77. The molecule has 1 unspecified atom stereocenters. The number of hydrogen-bond acceptors (Lipinski definition) is 5. The molecule has 3 aromatic rings. The Morgan fingerprint density at radius 3 is 2.35 bits per heavy atom. The number of nitrogens with zero attached hydrogens (tertiary/aromatic N) is 2. The van der Waals surface area contributed by atoms with Gasteiger partial charge in [0.2, 0.25) is 15.9 Å². The van der Waals surface area contributed by atoms with Crippen molar-refractivity contribution >= 4 is 21.6 Å². The van der Waals surface area contributed by atoms with Gasteiger partial charge >= 0.3 is 0 Å². The maximum atomic E-state index is 13.7. The highest BCUT2D eigenvalue weighted by Crippen LogP contribution is 2.33. The van der Waals surface area contributed by atoms with Crippen molar-refractivity contribution in [2.24, 2.45) is 0 Å². The lowest BCUT2D eigenvalue weighted by Gasteiger charge is -2.28. The van der Waals surface area contributed by atoms with E-state index in [1.165, 1.54) is 30.7 Å². The van der Waals surface area contributed by atoms with E-state index in [4.69, 9.17) is 9.47 Å². The quantitative estimate of drug-likeness (QED) is 0.489. The zero-order valence-corrected chi connectivity index (χ0v) is 20.3. The number of hydrogen-bond donors (Lipinski definition) is 0. The molecule has 0 aliphatic carbocycles. The molecule has 0 aromatic heterocycles. The van der Waals surface area contributed by atoms with Crippen LogP contribution < -0.4 is 14.4 Å². The highest BCUT2D eigenvalue weighted by molar-refractivity contribution is 7.89. The molecule has 0 saturated carbocycles. The molecule has 0 spiro atoms. The second kappa shape index (κ2) is 9.87. The Bertz CT molecular complexity index is 1280. The first kappa shape index (κ1) is 23.8. The number of fused-ring (bicyclic) bond motifs is 1. The van der Waals surface area contributed by atoms with E-state index in [9.17, 15) is 13.2 Å². The largest absolute Gasteiger partial charge is 0.493 e. The second-order valence-electron chi connectivity index (χ2n) is 8.22. The SMILES string of the molecule is COc1ccc(S(=O)(=O)N(CC(=O)N2c3ccccc3CC2C)Cc2ccccc2)cc1OC. The van der Waals surface area contributed by atoms with Crippen LogP contribution in [0.4, 0.5) is 5.69 Å². The third-order valence-electron chi connectivity index (χ3n) is 5.98. The summed E-state index contributed by atoms with van der Waals surface area (Å²) < 4.78 is 39.2. The van der Waals surface area contributed by atoms with E-state index in [-0.39, 0.29) is 29.9 Å². The van der Waals surface area contributed by atoms with Gasteiger partial charge in [-0.05, 0) is 42.7 Å². The van der Waals surface area contributed by atoms with Crippen LogP contribution >= 0.6 is 0 Å². The van der Waals surface area contributed by atoms with Crippen molar-refractivity contribution in [3.63, 3.8) is 0 Å². The number of anilines is 1. The molecule has 8 heteroatoms. The number of amides is 1. The molecule has 1 aliphatic heterocycles. The van der Waals surface area contributed by atoms with E-state index in [2.05, 4.69) is 0 Å². The number of carbonyl (C=O) groups excluding carboxylic acids is 1. The molecule has 178 valence electrons. The number of sulfonamides is 1. The van der Waals surface area contributed by atoms with Crippen LogP contribution in [0.2, 0.25) is 0 Å². The molecule has 1 heterocycles. The van der Waals surface area contributed by atoms with Crippen LogP contribution in [0.5, 0.6) is 11.5 Å². The lowest BCUT2D eigenvalue weighted by Crippen LogP contribution is -2.44. The van der Waals surface area contributed by atoms with E-state index in [0.717, 1.165) is 23.2 Å². The summed E-state index contributed by atoms with van der Waals surface area (Å²) >= 11 is 0. The average molecular weight is 481 g/mol. The predicted octanol–water partition coefficient (Wildman–Crippen LogP) is 3.87. The molecule has 0 N–H and O–H groups in total.